The van der Waals surface area contributed by atoms with Crippen LogP contribution in [0.3, 0.4) is 0 Å². The van der Waals surface area contributed by atoms with Crippen LogP contribution < -0.4 is 4.90 Å². The molecule has 4 heteroatoms. The zero-order valence-electron chi connectivity index (χ0n) is 16.7. The Kier molecular flexibility index (Phi) is 4.78. The smallest absolute Gasteiger partial charge is 0.140 e. The van der Waals surface area contributed by atoms with Gasteiger partial charge < -0.3 is 9.32 Å². The van der Waals surface area contributed by atoms with Gasteiger partial charge in [-0.05, 0) is 41.8 Å². The van der Waals surface area contributed by atoms with E-state index in [1.807, 2.05) is 24.4 Å². The maximum absolute atomic E-state index is 5.37. The van der Waals surface area contributed by atoms with Crippen LogP contribution in [0.1, 0.15) is 29.9 Å². The highest BCUT2D eigenvalue weighted by molar-refractivity contribution is 5.83. The fourth-order valence-corrected chi connectivity index (χ4v) is 4.59. The molecule has 0 bridgehead atoms. The number of hydrogen-bond acceptors (Lipinski definition) is 3. The average molecular weight is 385 g/mol. The quantitative estimate of drug-likeness (QED) is 0.697. The summed E-state index contributed by atoms with van der Waals surface area (Å²) in [6, 6.07) is 22.1. The third-order valence-electron chi connectivity index (χ3n) is 5.96. The largest absolute Gasteiger partial charge is 0.465 e. The van der Waals surface area contributed by atoms with Crippen molar-refractivity contribution in [3.05, 3.63) is 89.4 Å². The highest BCUT2D eigenvalue weighted by Crippen LogP contribution is 2.41. The molecular formula is C25H26N3O+. The molecule has 0 radical (unpaired) electrons. The zero-order valence-corrected chi connectivity index (χ0v) is 16.7. The van der Waals surface area contributed by atoms with Crippen LogP contribution in [0.15, 0.2) is 82.0 Å². The number of hydrogen-bond donors (Lipinski definition) is 1. The van der Waals surface area contributed by atoms with Crippen molar-refractivity contribution in [2.45, 2.75) is 13.0 Å². The lowest BCUT2D eigenvalue weighted by molar-refractivity contribution is -0.929. The summed E-state index contributed by atoms with van der Waals surface area (Å²) in [4.78, 5) is 1.64. The van der Waals surface area contributed by atoms with Gasteiger partial charge in [0.1, 0.15) is 11.8 Å². The summed E-state index contributed by atoms with van der Waals surface area (Å²) < 4.78 is 5.37. The van der Waals surface area contributed by atoms with Gasteiger partial charge in [0, 0.05) is 11.1 Å². The topological polar surface area (TPSA) is 33.2 Å². The second-order valence-corrected chi connectivity index (χ2v) is 7.87. The lowest BCUT2D eigenvalue weighted by atomic mass is 10.0. The molecule has 2 aliphatic rings. The molecule has 0 spiro atoms. The van der Waals surface area contributed by atoms with E-state index in [0.29, 0.717) is 6.04 Å². The summed E-state index contributed by atoms with van der Waals surface area (Å²) in [7, 11) is 0. The SMILES string of the molecule is C/C(C=NN1CC[NH+](C2c3ccccc3-c3ccccc32)CC1)=C\c1ccco1. The summed E-state index contributed by atoms with van der Waals surface area (Å²) in [5.74, 6) is 0.863. The molecule has 1 aliphatic carbocycles. The first-order chi connectivity index (χ1) is 14.3. The van der Waals surface area contributed by atoms with Crippen LogP contribution in [0.2, 0.25) is 0 Å². The molecule has 0 amide bonds. The van der Waals surface area contributed by atoms with Crippen LogP contribution in [0.25, 0.3) is 17.2 Å². The van der Waals surface area contributed by atoms with E-state index < -0.39 is 0 Å². The van der Waals surface area contributed by atoms with E-state index in [2.05, 4.69) is 60.5 Å². The zero-order chi connectivity index (χ0) is 19.6. The molecule has 3 aromatic rings. The number of quaternary nitrogens is 1. The van der Waals surface area contributed by atoms with Gasteiger partial charge in [0.15, 0.2) is 0 Å². The van der Waals surface area contributed by atoms with Crippen molar-refractivity contribution in [1.82, 2.24) is 5.01 Å². The number of fused-ring (bicyclic) bond motifs is 3. The van der Waals surface area contributed by atoms with E-state index in [-0.39, 0.29) is 0 Å². The number of hydrazone groups is 1. The molecule has 0 atom stereocenters. The molecule has 1 aromatic heterocycles. The minimum atomic E-state index is 0.439. The van der Waals surface area contributed by atoms with Crippen LogP contribution >= 0.6 is 0 Å². The van der Waals surface area contributed by atoms with Crippen LogP contribution in [0.4, 0.5) is 0 Å². The average Bonchev–Trinajstić information content (AvgIpc) is 3.38. The molecule has 1 N–H and O–H groups in total. The van der Waals surface area contributed by atoms with Crippen molar-refractivity contribution in [2.75, 3.05) is 26.2 Å². The van der Waals surface area contributed by atoms with Gasteiger partial charge in [0.2, 0.25) is 0 Å². The number of benzene rings is 2. The fourth-order valence-electron chi connectivity index (χ4n) is 4.59. The monoisotopic (exact) mass is 384 g/mol. The normalized spacial score (nSPS) is 17.7. The van der Waals surface area contributed by atoms with E-state index in [0.717, 1.165) is 37.5 Å². The van der Waals surface area contributed by atoms with Gasteiger partial charge in [-0.1, -0.05) is 48.5 Å². The van der Waals surface area contributed by atoms with Gasteiger partial charge in [0.05, 0.1) is 38.7 Å². The second-order valence-electron chi connectivity index (χ2n) is 7.87. The number of allylic oxidation sites excluding steroid dienone is 1. The predicted octanol–water partition coefficient (Wildman–Crippen LogP) is 3.64. The third kappa shape index (κ3) is 3.52. The predicted molar refractivity (Wildman–Crippen MR) is 117 cm³/mol. The maximum atomic E-state index is 5.37. The molecule has 1 aliphatic heterocycles. The van der Waals surface area contributed by atoms with E-state index in [1.165, 1.54) is 22.3 Å². The molecule has 5 rings (SSSR count). The van der Waals surface area contributed by atoms with Gasteiger partial charge >= 0.3 is 0 Å². The van der Waals surface area contributed by atoms with Gasteiger partial charge in [-0.15, -0.1) is 0 Å². The molecule has 4 nitrogen and oxygen atoms in total. The third-order valence-corrected chi connectivity index (χ3v) is 5.96. The first-order valence-corrected chi connectivity index (χ1v) is 10.3. The minimum absolute atomic E-state index is 0.439. The molecule has 146 valence electrons. The van der Waals surface area contributed by atoms with Gasteiger partial charge in [-0.25, -0.2) is 0 Å². The van der Waals surface area contributed by atoms with Gasteiger partial charge in [-0.3, -0.25) is 5.01 Å². The molecular weight excluding hydrogens is 358 g/mol. The summed E-state index contributed by atoms with van der Waals surface area (Å²) in [5, 5.41) is 6.89. The van der Waals surface area contributed by atoms with Crippen LogP contribution in [-0.4, -0.2) is 37.4 Å². The molecule has 2 heterocycles. The van der Waals surface area contributed by atoms with Gasteiger partial charge in [-0.2, -0.15) is 5.10 Å². The summed E-state index contributed by atoms with van der Waals surface area (Å²) in [6.07, 6.45) is 5.64. The number of piperazine rings is 1. The maximum Gasteiger partial charge on any atom is 0.140 e. The second kappa shape index (κ2) is 7.72. The first kappa shape index (κ1) is 18.0. The van der Waals surface area contributed by atoms with Crippen molar-refractivity contribution in [3.8, 4) is 11.1 Å². The van der Waals surface area contributed by atoms with Crippen LogP contribution in [0.5, 0.6) is 0 Å². The lowest BCUT2D eigenvalue weighted by Crippen LogP contribution is -3.14. The molecule has 0 saturated carbocycles. The number of rotatable bonds is 4. The number of nitrogens with zero attached hydrogens (tertiary/aromatic N) is 2. The standard InChI is InChI=1S/C25H25N3O/c1-19(17-20-7-6-16-29-20)18-26-28-14-12-27(13-15-28)25-23-10-4-2-8-21(23)22-9-3-5-11-24(22)25/h2-11,16-18,25H,12-15H2,1H3/p+1/b19-17+,26-18?. The molecule has 1 fully saturated rings. The Hall–Kier alpha value is -3.11. The highest BCUT2D eigenvalue weighted by atomic mass is 16.3. The Morgan fingerprint density at radius 1 is 0.966 bits per heavy atom. The van der Waals surface area contributed by atoms with E-state index in [9.17, 15) is 0 Å². The minimum Gasteiger partial charge on any atom is -0.465 e. The van der Waals surface area contributed by atoms with Crippen molar-refractivity contribution >= 4 is 12.3 Å². The molecule has 0 unspecified atom stereocenters. The van der Waals surface area contributed by atoms with Crippen LogP contribution in [0, 0.1) is 0 Å². The van der Waals surface area contributed by atoms with Crippen molar-refractivity contribution < 1.29 is 9.32 Å². The Morgan fingerprint density at radius 3 is 2.24 bits per heavy atom. The summed E-state index contributed by atoms with van der Waals surface area (Å²) in [5.41, 5.74) is 6.84. The number of furan rings is 1. The Bertz CT molecular complexity index is 998. The van der Waals surface area contributed by atoms with Crippen molar-refractivity contribution in [2.24, 2.45) is 5.10 Å². The molecule has 1 saturated heterocycles. The highest BCUT2D eigenvalue weighted by Gasteiger charge is 2.37. The Balaban J connectivity index is 1.28. The lowest BCUT2D eigenvalue weighted by Gasteiger charge is -2.34. The summed E-state index contributed by atoms with van der Waals surface area (Å²) >= 11 is 0. The van der Waals surface area contributed by atoms with E-state index in [1.54, 1.807) is 11.2 Å². The van der Waals surface area contributed by atoms with E-state index >= 15 is 0 Å². The van der Waals surface area contributed by atoms with Crippen LogP contribution in [-0.2, 0) is 0 Å². The Morgan fingerprint density at radius 2 is 1.62 bits per heavy atom. The Labute approximate surface area is 171 Å². The fraction of sp³-hybridized carbons (Fsp3) is 0.240. The molecule has 29 heavy (non-hydrogen) atoms. The van der Waals surface area contributed by atoms with Gasteiger partial charge in [0.25, 0.3) is 0 Å². The van der Waals surface area contributed by atoms with Crippen molar-refractivity contribution in [1.29, 1.82) is 0 Å². The molecule has 2 aromatic carbocycles. The van der Waals surface area contributed by atoms with Crippen molar-refractivity contribution in [3.63, 3.8) is 0 Å². The van der Waals surface area contributed by atoms with E-state index in [4.69, 9.17) is 9.52 Å². The summed E-state index contributed by atoms with van der Waals surface area (Å²) in [6.45, 7) is 6.18. The first-order valence-electron chi connectivity index (χ1n) is 10.3. The number of nitrogens with one attached hydrogen (secondary N) is 1.